The molecule has 0 aliphatic heterocycles. The van der Waals surface area contributed by atoms with Crippen LogP contribution in [0.5, 0.6) is 0 Å². The van der Waals surface area contributed by atoms with Gasteiger partial charge in [0.1, 0.15) is 11.6 Å². The average molecular weight is 318 g/mol. The number of carbonyl (C=O) groups excluding carboxylic acids is 1. The van der Waals surface area contributed by atoms with E-state index in [0.29, 0.717) is 19.5 Å². The summed E-state index contributed by atoms with van der Waals surface area (Å²) in [6.45, 7) is 1.35. The predicted octanol–water partition coefficient (Wildman–Crippen LogP) is 2.76. The molecule has 0 saturated carbocycles. The van der Waals surface area contributed by atoms with E-state index in [9.17, 15) is 13.6 Å². The van der Waals surface area contributed by atoms with Gasteiger partial charge in [0.05, 0.1) is 6.54 Å². The van der Waals surface area contributed by atoms with Crippen LogP contribution < -0.4 is 5.32 Å². The molecule has 2 aromatic carbocycles. The highest BCUT2D eigenvalue weighted by molar-refractivity contribution is 5.77. The Morgan fingerprint density at radius 1 is 0.957 bits per heavy atom. The van der Waals surface area contributed by atoms with E-state index < -0.39 is 0 Å². The van der Waals surface area contributed by atoms with Crippen LogP contribution in [-0.4, -0.2) is 30.9 Å². The van der Waals surface area contributed by atoms with Crippen molar-refractivity contribution in [2.45, 2.75) is 13.0 Å². The third-order valence-corrected chi connectivity index (χ3v) is 3.43. The number of nitrogens with zero attached hydrogens (tertiary/aromatic N) is 1. The summed E-state index contributed by atoms with van der Waals surface area (Å²) in [6.07, 6.45) is 0.660. The smallest absolute Gasteiger partial charge is 0.234 e. The summed E-state index contributed by atoms with van der Waals surface area (Å²) in [5.74, 6) is -0.605. The Hall–Kier alpha value is -2.27. The number of nitrogens with one attached hydrogen (secondary N) is 1. The molecule has 5 heteroatoms. The third-order valence-electron chi connectivity index (χ3n) is 3.43. The van der Waals surface area contributed by atoms with Gasteiger partial charge < -0.3 is 5.32 Å². The van der Waals surface area contributed by atoms with Crippen LogP contribution in [0.1, 0.15) is 11.1 Å². The van der Waals surface area contributed by atoms with E-state index in [0.717, 1.165) is 11.1 Å². The minimum atomic E-state index is -0.269. The van der Waals surface area contributed by atoms with E-state index in [4.69, 9.17) is 0 Å². The van der Waals surface area contributed by atoms with Gasteiger partial charge in [-0.05, 0) is 48.9 Å². The Balaban J connectivity index is 1.69. The van der Waals surface area contributed by atoms with Crippen LogP contribution in [0.15, 0.2) is 48.5 Å². The lowest BCUT2D eigenvalue weighted by Crippen LogP contribution is -2.35. The lowest BCUT2D eigenvalue weighted by Gasteiger charge is -2.16. The summed E-state index contributed by atoms with van der Waals surface area (Å²) in [5, 5.41) is 2.84. The normalized spacial score (nSPS) is 10.8. The molecular formula is C18H20F2N2O. The van der Waals surface area contributed by atoms with Gasteiger partial charge in [-0.15, -0.1) is 0 Å². The molecule has 0 atom stereocenters. The number of hydrogen-bond donors (Lipinski definition) is 1. The van der Waals surface area contributed by atoms with Gasteiger partial charge in [-0.25, -0.2) is 8.78 Å². The molecule has 0 spiro atoms. The zero-order valence-electron chi connectivity index (χ0n) is 13.1. The van der Waals surface area contributed by atoms with Crippen molar-refractivity contribution in [3.05, 3.63) is 71.3 Å². The minimum absolute atomic E-state index is 0.0725. The maximum Gasteiger partial charge on any atom is 0.234 e. The van der Waals surface area contributed by atoms with E-state index in [1.165, 1.54) is 24.3 Å². The summed E-state index contributed by atoms with van der Waals surface area (Å²) in [7, 11) is 1.84. The van der Waals surface area contributed by atoms with Gasteiger partial charge >= 0.3 is 0 Å². The molecule has 2 rings (SSSR count). The molecule has 2 aromatic rings. The van der Waals surface area contributed by atoms with Crippen LogP contribution >= 0.6 is 0 Å². The summed E-state index contributed by atoms with van der Waals surface area (Å²) < 4.78 is 25.6. The lowest BCUT2D eigenvalue weighted by atomic mass is 10.1. The monoisotopic (exact) mass is 318 g/mol. The summed E-state index contributed by atoms with van der Waals surface area (Å²) in [5.41, 5.74) is 1.93. The first-order valence-electron chi connectivity index (χ1n) is 7.47. The number of carbonyl (C=O) groups is 1. The molecule has 0 bridgehead atoms. The lowest BCUT2D eigenvalue weighted by molar-refractivity contribution is -0.122. The van der Waals surface area contributed by atoms with Crippen molar-refractivity contribution in [3.63, 3.8) is 0 Å². The average Bonchev–Trinajstić information content (AvgIpc) is 2.51. The zero-order chi connectivity index (χ0) is 16.7. The zero-order valence-corrected chi connectivity index (χ0v) is 13.1. The van der Waals surface area contributed by atoms with Crippen molar-refractivity contribution in [2.75, 3.05) is 20.1 Å². The van der Waals surface area contributed by atoms with Crippen molar-refractivity contribution in [2.24, 2.45) is 0 Å². The molecule has 3 nitrogen and oxygen atoms in total. The van der Waals surface area contributed by atoms with Gasteiger partial charge in [-0.3, -0.25) is 9.69 Å². The fourth-order valence-electron chi connectivity index (χ4n) is 2.26. The summed E-state index contributed by atoms with van der Waals surface area (Å²) >= 11 is 0. The first-order chi connectivity index (χ1) is 11.0. The molecule has 0 fully saturated rings. The maximum absolute atomic E-state index is 12.8. The number of benzene rings is 2. The predicted molar refractivity (Wildman–Crippen MR) is 85.8 cm³/mol. The Labute approximate surface area is 134 Å². The van der Waals surface area contributed by atoms with Gasteiger partial charge in [-0.2, -0.15) is 0 Å². The molecule has 0 radical (unpaired) electrons. The molecule has 0 unspecified atom stereocenters. The van der Waals surface area contributed by atoms with Crippen LogP contribution in [0.4, 0.5) is 8.78 Å². The topological polar surface area (TPSA) is 32.3 Å². The number of halogens is 2. The summed E-state index contributed by atoms with van der Waals surface area (Å²) in [4.78, 5) is 13.7. The van der Waals surface area contributed by atoms with Crippen LogP contribution in [0.2, 0.25) is 0 Å². The molecule has 0 saturated heterocycles. The Kier molecular flexibility index (Phi) is 6.23. The molecule has 0 aromatic heterocycles. The van der Waals surface area contributed by atoms with Crippen molar-refractivity contribution in [1.82, 2.24) is 10.2 Å². The first kappa shape index (κ1) is 17.1. The van der Waals surface area contributed by atoms with Crippen molar-refractivity contribution in [1.29, 1.82) is 0 Å². The second-order valence-electron chi connectivity index (χ2n) is 5.53. The molecule has 0 heterocycles. The number of rotatable bonds is 7. The number of hydrogen-bond acceptors (Lipinski definition) is 2. The molecule has 122 valence electrons. The van der Waals surface area contributed by atoms with E-state index in [2.05, 4.69) is 5.32 Å². The van der Waals surface area contributed by atoms with Gasteiger partial charge in [0.25, 0.3) is 0 Å². The molecule has 23 heavy (non-hydrogen) atoms. The fourth-order valence-corrected chi connectivity index (χ4v) is 2.26. The third kappa shape index (κ3) is 6.16. The number of amides is 1. The standard InChI is InChI=1S/C18H20F2N2O/c1-22(12-15-4-8-17(20)9-5-15)13-18(23)21-11-10-14-2-6-16(19)7-3-14/h2-9H,10-13H2,1H3,(H,21,23). The van der Waals surface area contributed by atoms with Gasteiger partial charge in [0.15, 0.2) is 0 Å². The van der Waals surface area contributed by atoms with E-state index in [1.807, 2.05) is 11.9 Å². The first-order valence-corrected chi connectivity index (χ1v) is 7.47. The quantitative estimate of drug-likeness (QED) is 0.851. The molecule has 1 amide bonds. The summed E-state index contributed by atoms with van der Waals surface area (Å²) in [6, 6.07) is 12.5. The van der Waals surface area contributed by atoms with E-state index >= 15 is 0 Å². The maximum atomic E-state index is 12.8. The highest BCUT2D eigenvalue weighted by Crippen LogP contribution is 2.05. The van der Waals surface area contributed by atoms with Crippen LogP contribution in [0.25, 0.3) is 0 Å². The van der Waals surface area contributed by atoms with Gasteiger partial charge in [0, 0.05) is 13.1 Å². The van der Waals surface area contributed by atoms with Crippen LogP contribution in [0.3, 0.4) is 0 Å². The van der Waals surface area contributed by atoms with Gasteiger partial charge in [0.2, 0.25) is 5.91 Å². The van der Waals surface area contributed by atoms with Gasteiger partial charge in [-0.1, -0.05) is 24.3 Å². The molecule has 0 aliphatic rings. The Morgan fingerprint density at radius 2 is 1.48 bits per heavy atom. The molecule has 1 N–H and O–H groups in total. The van der Waals surface area contributed by atoms with Crippen molar-refractivity contribution >= 4 is 5.91 Å². The highest BCUT2D eigenvalue weighted by atomic mass is 19.1. The Morgan fingerprint density at radius 3 is 2.04 bits per heavy atom. The minimum Gasteiger partial charge on any atom is -0.355 e. The molecular weight excluding hydrogens is 298 g/mol. The second kappa shape index (κ2) is 8.39. The van der Waals surface area contributed by atoms with Crippen LogP contribution in [0, 0.1) is 11.6 Å². The number of likely N-dealkylation sites (N-methyl/N-ethyl adjacent to an activating group) is 1. The SMILES string of the molecule is CN(CC(=O)NCCc1ccc(F)cc1)Cc1ccc(F)cc1. The Bertz CT molecular complexity index is 626. The van der Waals surface area contributed by atoms with Crippen molar-refractivity contribution < 1.29 is 13.6 Å². The van der Waals surface area contributed by atoms with E-state index in [-0.39, 0.29) is 24.1 Å². The second-order valence-corrected chi connectivity index (χ2v) is 5.53. The van der Waals surface area contributed by atoms with Crippen LogP contribution in [-0.2, 0) is 17.8 Å². The van der Waals surface area contributed by atoms with E-state index in [1.54, 1.807) is 24.3 Å². The molecule has 0 aliphatic carbocycles. The fraction of sp³-hybridized carbons (Fsp3) is 0.278. The largest absolute Gasteiger partial charge is 0.355 e. The highest BCUT2D eigenvalue weighted by Gasteiger charge is 2.07. The van der Waals surface area contributed by atoms with Crippen molar-refractivity contribution in [3.8, 4) is 0 Å².